The van der Waals surface area contributed by atoms with Gasteiger partial charge in [0, 0.05) is 78.7 Å². The Hall–Kier alpha value is -14.0. The molecule has 0 amide bonds. The Kier molecular flexibility index (Phi) is 17.2. The Labute approximate surface area is 683 Å². The fourth-order valence-corrected chi connectivity index (χ4v) is 20.8. The largest absolute Gasteiger partial charge is 0.309 e. The van der Waals surface area contributed by atoms with E-state index in [9.17, 15) is 0 Å². The molecule has 548 valence electrons. The summed E-state index contributed by atoms with van der Waals surface area (Å²) in [5.74, 6) is 0. The van der Waals surface area contributed by atoms with E-state index >= 15 is 0 Å². The van der Waals surface area contributed by atoms with Crippen LogP contribution in [0.5, 0.6) is 0 Å². The van der Waals surface area contributed by atoms with Gasteiger partial charge in [-0.25, -0.2) is 0 Å². The van der Waals surface area contributed by atoms with Crippen molar-refractivity contribution in [3.05, 3.63) is 424 Å². The topological polar surface area (TPSA) is 9.86 Å². The molecule has 0 aliphatic heterocycles. The van der Waals surface area contributed by atoms with Crippen LogP contribution in [0.1, 0.15) is 32.4 Å². The highest BCUT2D eigenvalue weighted by Gasteiger charge is 2.35. The third kappa shape index (κ3) is 12.0. The maximum absolute atomic E-state index is 2.45. The third-order valence-electron chi connectivity index (χ3n) is 24.0. The van der Waals surface area contributed by atoms with Crippen molar-refractivity contribution in [2.75, 3.05) is 0 Å². The minimum absolute atomic E-state index is 0. The summed E-state index contributed by atoms with van der Waals surface area (Å²) >= 11 is 3.78. The van der Waals surface area contributed by atoms with Gasteiger partial charge in [-0.2, -0.15) is 0 Å². The van der Waals surface area contributed by atoms with Crippen LogP contribution < -0.4 is 0 Å². The van der Waals surface area contributed by atoms with Crippen molar-refractivity contribution in [3.63, 3.8) is 0 Å². The average Bonchev–Trinajstić information content (AvgIpc) is 1.57. The predicted octanol–water partition coefficient (Wildman–Crippen LogP) is 32.2. The molecule has 1 aliphatic carbocycles. The first-order chi connectivity index (χ1) is 56.7. The summed E-state index contributed by atoms with van der Waals surface area (Å²) in [5, 5.41) is 10.3. The molecule has 4 aromatic heterocycles. The van der Waals surface area contributed by atoms with Crippen molar-refractivity contribution in [1.82, 2.24) is 9.13 Å². The van der Waals surface area contributed by atoms with Gasteiger partial charge in [-0.05, 0) is 250 Å². The number of benzene rings is 18. The maximum atomic E-state index is 2.45. The van der Waals surface area contributed by atoms with Crippen LogP contribution in [0.25, 0.3) is 207 Å². The minimum Gasteiger partial charge on any atom is -0.309 e. The van der Waals surface area contributed by atoms with Gasteiger partial charge in [0.15, 0.2) is 0 Å². The lowest BCUT2D eigenvalue weighted by Gasteiger charge is -2.22. The van der Waals surface area contributed by atoms with E-state index in [-0.39, 0.29) is 12.8 Å². The Bertz CT molecular complexity index is 7620. The summed E-state index contributed by atoms with van der Waals surface area (Å²) in [6, 6.07) is 152. The number of aromatic nitrogens is 2. The van der Waals surface area contributed by atoms with Crippen LogP contribution >= 0.6 is 22.7 Å². The number of para-hydroxylation sites is 3. The molecule has 0 spiro atoms. The first-order valence-corrected chi connectivity index (χ1v) is 41.3. The van der Waals surface area contributed by atoms with E-state index in [0.29, 0.717) is 0 Å². The molecule has 116 heavy (non-hydrogen) atoms. The minimum atomic E-state index is -0.0664. The molecule has 18 aromatic carbocycles. The third-order valence-corrected chi connectivity index (χ3v) is 26.4. The van der Waals surface area contributed by atoms with Crippen molar-refractivity contribution < 1.29 is 0 Å². The van der Waals surface area contributed by atoms with Gasteiger partial charge in [0.05, 0.1) is 22.1 Å². The van der Waals surface area contributed by atoms with Gasteiger partial charge in [-0.3, -0.25) is 0 Å². The number of fused-ring (bicyclic) bond motifs is 15. The number of hydrogen-bond acceptors (Lipinski definition) is 2. The number of thiophene rings is 2. The van der Waals surface area contributed by atoms with Crippen molar-refractivity contribution in [1.29, 1.82) is 0 Å². The number of nitrogens with zero attached hydrogens (tertiary/aromatic N) is 2. The molecule has 0 saturated heterocycles. The van der Waals surface area contributed by atoms with E-state index < -0.39 is 0 Å². The summed E-state index contributed by atoms with van der Waals surface area (Å²) in [6.07, 6.45) is 0. The molecule has 1 aliphatic rings. The van der Waals surface area contributed by atoms with Crippen molar-refractivity contribution in [2.24, 2.45) is 0 Å². The van der Waals surface area contributed by atoms with E-state index in [1.165, 1.54) is 212 Å². The molecule has 0 N–H and O–H groups in total. The maximum Gasteiger partial charge on any atom is 0.0541 e. The van der Waals surface area contributed by atoms with Crippen molar-refractivity contribution in [3.8, 4) is 123 Å². The van der Waals surface area contributed by atoms with E-state index in [4.69, 9.17) is 0 Å². The van der Waals surface area contributed by atoms with Crippen LogP contribution in [0.4, 0.5) is 0 Å². The summed E-state index contributed by atoms with van der Waals surface area (Å²) < 4.78 is 10.1. The smallest absolute Gasteiger partial charge is 0.0541 e. The van der Waals surface area contributed by atoms with Crippen molar-refractivity contribution >= 4 is 107 Å². The fraction of sp³-hybridized carbons (Fsp3) is 0.0357. The summed E-state index contributed by atoms with van der Waals surface area (Å²) in [6.45, 7) is 4.74. The fourth-order valence-electron chi connectivity index (χ4n) is 18.3. The molecule has 0 fully saturated rings. The van der Waals surface area contributed by atoms with Gasteiger partial charge in [0.1, 0.15) is 0 Å². The SMILES string of the molecule is C.CC1(C)c2ccccc2-c2ccc(-c3cc(-c4ccc5c(c4)c4ccccc4n5-c4ccccc4)cc(-c4cccc5c4sc4ccccc45)c3)cc21.c1ccc(-c2cccc(-c3cc(-c4ccc5c(c4)c4ccccc4n5-c4cccc(-c5cccc(-c6ccccc6)c5)c4)cc(-c4cccc5c4sc4ccccc45)c3)c2)cc1. The van der Waals surface area contributed by atoms with Crippen LogP contribution in [0.15, 0.2) is 413 Å². The first kappa shape index (κ1) is 69.9. The van der Waals surface area contributed by atoms with E-state index in [1.54, 1.807) is 0 Å². The second-order valence-corrected chi connectivity index (χ2v) is 33.1. The van der Waals surface area contributed by atoms with Gasteiger partial charge in [0.25, 0.3) is 0 Å². The van der Waals surface area contributed by atoms with Crippen LogP contribution in [-0.2, 0) is 5.41 Å². The molecule has 0 bridgehead atoms. The molecule has 23 rings (SSSR count). The summed E-state index contributed by atoms with van der Waals surface area (Å²) in [7, 11) is 0. The molecule has 4 heterocycles. The normalized spacial score (nSPS) is 12.2. The highest BCUT2D eigenvalue weighted by Crippen LogP contribution is 2.52. The van der Waals surface area contributed by atoms with Crippen LogP contribution in [0.2, 0.25) is 0 Å². The Morgan fingerprint density at radius 2 is 0.509 bits per heavy atom. The van der Waals surface area contributed by atoms with Gasteiger partial charge < -0.3 is 9.13 Å². The summed E-state index contributed by atoms with van der Waals surface area (Å²) in [4.78, 5) is 0. The lowest BCUT2D eigenvalue weighted by molar-refractivity contribution is 0.660. The zero-order valence-electron chi connectivity index (χ0n) is 63.5. The zero-order chi connectivity index (χ0) is 76.2. The molecular formula is C112H78N2S2. The molecular weight excluding hydrogens is 1440 g/mol. The Morgan fingerprint density at radius 3 is 1.03 bits per heavy atom. The molecule has 2 nitrogen and oxygen atoms in total. The number of rotatable bonds is 11. The lowest BCUT2D eigenvalue weighted by Crippen LogP contribution is -2.14. The highest BCUT2D eigenvalue weighted by atomic mass is 32.1. The van der Waals surface area contributed by atoms with Crippen LogP contribution in [0.3, 0.4) is 0 Å². The molecule has 0 unspecified atom stereocenters. The summed E-state index contributed by atoms with van der Waals surface area (Å²) in [5.41, 5.74) is 34.5. The Balaban J connectivity index is 0.000000145. The van der Waals surface area contributed by atoms with Crippen LogP contribution in [-0.4, -0.2) is 9.13 Å². The van der Waals surface area contributed by atoms with Gasteiger partial charge in [-0.15, -0.1) is 22.7 Å². The van der Waals surface area contributed by atoms with E-state index in [0.717, 1.165) is 5.69 Å². The van der Waals surface area contributed by atoms with Crippen molar-refractivity contribution in [2.45, 2.75) is 26.7 Å². The predicted molar refractivity (Wildman–Crippen MR) is 501 cm³/mol. The van der Waals surface area contributed by atoms with E-state index in [1.807, 2.05) is 22.7 Å². The monoisotopic (exact) mass is 1510 g/mol. The van der Waals surface area contributed by atoms with Crippen LogP contribution in [0, 0.1) is 0 Å². The van der Waals surface area contributed by atoms with Gasteiger partial charge in [-0.1, -0.05) is 306 Å². The average molecular weight is 1520 g/mol. The van der Waals surface area contributed by atoms with E-state index in [2.05, 4.69) is 435 Å². The highest BCUT2D eigenvalue weighted by molar-refractivity contribution is 7.26. The standard InChI is InChI=1S/C60H39NS.C51H35NS.CH4/c1-3-15-40(16-4-1)42-19-11-21-44(33-42)46-23-13-24-51(38-46)61-57-29-9-7-25-53(57)56-39-47(31-32-58(56)61)49-35-48(45-22-12-20-43(34-45)41-17-5-2-6-18-41)36-50(37-49)52-27-14-28-55-54-26-8-10-30-59(54)62-60(52)55;1-51(2)45-20-9-6-15-39(45)40-25-23-33(31-46(40)51)35-27-34(28-36(29-35)38-18-12-19-43-42-17-8-11-22-49(42)53-50(38)43)32-24-26-48-44(30-32)41-16-7-10-21-47(41)52(48)37-13-4-3-5-14-37;/h1-39H;3-31H,1-2H3;1H4. The Morgan fingerprint density at radius 1 is 0.190 bits per heavy atom. The first-order valence-electron chi connectivity index (χ1n) is 39.7. The van der Waals surface area contributed by atoms with Gasteiger partial charge in [0.2, 0.25) is 0 Å². The molecule has 4 heteroatoms. The molecule has 0 atom stereocenters. The second-order valence-electron chi connectivity index (χ2n) is 31.0. The zero-order valence-corrected chi connectivity index (χ0v) is 65.1. The lowest BCUT2D eigenvalue weighted by atomic mass is 9.81. The molecule has 22 aromatic rings. The van der Waals surface area contributed by atoms with Gasteiger partial charge >= 0.3 is 0 Å². The number of hydrogen-bond donors (Lipinski definition) is 0. The molecule has 0 saturated carbocycles. The quantitative estimate of drug-likeness (QED) is 0.122. The molecule has 0 radical (unpaired) electrons. The second kappa shape index (κ2) is 28.6.